The normalized spacial score (nSPS) is 14.5. The summed E-state index contributed by atoms with van der Waals surface area (Å²) in [4.78, 5) is 21.7. The Morgan fingerprint density at radius 3 is 2.28 bits per heavy atom. The third-order valence-electron chi connectivity index (χ3n) is 5.79. The number of nitrogens with zero attached hydrogens (tertiary/aromatic N) is 2. The maximum atomic E-state index is 12.9. The van der Waals surface area contributed by atoms with Gasteiger partial charge in [-0.1, -0.05) is 0 Å². The largest absolute Gasteiger partial charge is 0.496 e. The molecule has 1 N–H and O–H groups in total. The molecule has 0 fully saturated rings. The zero-order valence-electron chi connectivity index (χ0n) is 19.9. The number of aliphatic hydroxyl groups is 1. The molecule has 0 amide bonds. The van der Waals surface area contributed by atoms with Crippen LogP contribution in [-0.2, 0) is 0 Å². The van der Waals surface area contributed by atoms with Crippen LogP contribution in [0, 0.1) is 0 Å². The lowest BCUT2D eigenvalue weighted by Gasteiger charge is -2.24. The van der Waals surface area contributed by atoms with Gasteiger partial charge in [-0.05, 0) is 12.1 Å². The van der Waals surface area contributed by atoms with Crippen molar-refractivity contribution in [3.63, 3.8) is 0 Å². The highest BCUT2D eigenvalue weighted by molar-refractivity contribution is 5.89. The van der Waals surface area contributed by atoms with Gasteiger partial charge in [0.15, 0.2) is 0 Å². The van der Waals surface area contributed by atoms with Gasteiger partial charge in [0.2, 0.25) is 6.29 Å². The van der Waals surface area contributed by atoms with Crippen molar-refractivity contribution in [2.75, 3.05) is 28.4 Å². The summed E-state index contributed by atoms with van der Waals surface area (Å²) in [6.07, 6.45) is 3.28. The van der Waals surface area contributed by atoms with Crippen LogP contribution >= 0.6 is 0 Å². The lowest BCUT2D eigenvalue weighted by molar-refractivity contribution is 0.0313. The van der Waals surface area contributed by atoms with Crippen molar-refractivity contribution in [2.24, 2.45) is 0 Å². The highest BCUT2D eigenvalue weighted by Gasteiger charge is 2.27. The summed E-state index contributed by atoms with van der Waals surface area (Å²) in [7, 11) is 6.07. The summed E-state index contributed by atoms with van der Waals surface area (Å²) >= 11 is 0. The molecule has 36 heavy (non-hydrogen) atoms. The van der Waals surface area contributed by atoms with E-state index in [0.717, 1.165) is 0 Å². The number of aliphatic hydroxyl groups excluding tert-OH is 1. The molecule has 0 aliphatic carbocycles. The molecule has 4 aromatic rings. The highest BCUT2D eigenvalue weighted by Crippen LogP contribution is 2.41. The molecular weight excluding hydrogens is 468 g/mol. The molecule has 0 saturated carbocycles. The number of hydrogen-bond donors (Lipinski definition) is 1. The first-order chi connectivity index (χ1) is 17.4. The quantitative estimate of drug-likeness (QED) is 0.402. The molecule has 10 nitrogen and oxygen atoms in total. The molecule has 0 saturated heterocycles. The van der Waals surface area contributed by atoms with E-state index in [2.05, 4.69) is 9.97 Å². The van der Waals surface area contributed by atoms with Crippen molar-refractivity contribution in [3.8, 4) is 40.0 Å². The smallest absolute Gasteiger partial charge is 0.345 e. The van der Waals surface area contributed by atoms with Crippen LogP contribution in [0.5, 0.6) is 28.7 Å². The molecule has 3 heterocycles. The van der Waals surface area contributed by atoms with Gasteiger partial charge in [0.1, 0.15) is 34.3 Å². The molecule has 0 bridgehead atoms. The van der Waals surface area contributed by atoms with Crippen LogP contribution < -0.4 is 29.3 Å². The number of ether oxygens (including phenoxy) is 5. The average molecular weight is 490 g/mol. The molecule has 1 atom stereocenters. The molecule has 2 aromatic carbocycles. The summed E-state index contributed by atoms with van der Waals surface area (Å²) < 4.78 is 32.7. The van der Waals surface area contributed by atoms with E-state index in [4.69, 9.17) is 28.1 Å². The number of methoxy groups -OCH3 is 4. The second kappa shape index (κ2) is 9.23. The summed E-state index contributed by atoms with van der Waals surface area (Å²) in [6, 6.07) is 8.28. The van der Waals surface area contributed by atoms with Crippen LogP contribution in [0.4, 0.5) is 0 Å². The Hall–Kier alpha value is -4.57. The Bertz CT molecular complexity index is 1560. The van der Waals surface area contributed by atoms with Gasteiger partial charge in [0.25, 0.3) is 0 Å². The summed E-state index contributed by atoms with van der Waals surface area (Å²) in [5, 5.41) is 11.3. The predicted molar refractivity (Wildman–Crippen MR) is 131 cm³/mol. The number of aromatic nitrogens is 2. The fourth-order valence-corrected chi connectivity index (χ4v) is 3.98. The predicted octanol–water partition coefficient (Wildman–Crippen LogP) is 3.54. The Kier molecular flexibility index (Phi) is 5.95. The second-order valence-electron chi connectivity index (χ2n) is 7.79. The molecule has 1 aliphatic rings. The third kappa shape index (κ3) is 3.97. The maximum Gasteiger partial charge on any atom is 0.345 e. The van der Waals surface area contributed by atoms with Crippen molar-refractivity contribution >= 4 is 22.6 Å². The molecule has 10 heteroatoms. The van der Waals surface area contributed by atoms with Gasteiger partial charge < -0.3 is 33.2 Å². The van der Waals surface area contributed by atoms with E-state index < -0.39 is 11.9 Å². The van der Waals surface area contributed by atoms with Crippen molar-refractivity contribution in [1.82, 2.24) is 9.97 Å². The Balaban J connectivity index is 1.62. The van der Waals surface area contributed by atoms with E-state index in [9.17, 15) is 9.90 Å². The Labute approximate surface area is 205 Å². The van der Waals surface area contributed by atoms with Crippen LogP contribution in [-0.4, -0.2) is 49.8 Å². The minimum atomic E-state index is -1.33. The minimum Gasteiger partial charge on any atom is -0.496 e. The third-order valence-corrected chi connectivity index (χ3v) is 5.79. The number of benzene rings is 2. The molecule has 184 valence electrons. The summed E-state index contributed by atoms with van der Waals surface area (Å²) in [5.41, 5.74) is 1.38. The SMILES string of the molecule is COc1cc(OC)c2c(c1)OC(O)C(c1cncc(-c3cc4c(OC)cc(OC)cc4oc3=O)n1)=C2. The first kappa shape index (κ1) is 23.2. The lowest BCUT2D eigenvalue weighted by Crippen LogP contribution is -2.22. The van der Waals surface area contributed by atoms with Crippen molar-refractivity contribution in [2.45, 2.75) is 6.29 Å². The van der Waals surface area contributed by atoms with E-state index in [-0.39, 0.29) is 11.3 Å². The molecule has 5 rings (SSSR count). The zero-order valence-corrected chi connectivity index (χ0v) is 19.9. The molecule has 2 aromatic heterocycles. The molecule has 1 aliphatic heterocycles. The molecule has 1 unspecified atom stereocenters. The lowest BCUT2D eigenvalue weighted by atomic mass is 10.0. The monoisotopic (exact) mass is 490 g/mol. The first-order valence-electron chi connectivity index (χ1n) is 10.8. The standard InChI is InChI=1S/C26H22N2O8/c1-31-13-5-21(33-3)17-9-15(25(29)35-23(17)7-13)19-11-27-12-20(28-19)16-10-18-22(34-4)6-14(32-2)8-24(18)36-26(16)30/h5-12,25,29H,1-4H3. The first-order valence-corrected chi connectivity index (χ1v) is 10.8. The summed E-state index contributed by atoms with van der Waals surface area (Å²) in [6.45, 7) is 0. The van der Waals surface area contributed by atoms with Gasteiger partial charge in [-0.3, -0.25) is 4.98 Å². The van der Waals surface area contributed by atoms with E-state index in [1.165, 1.54) is 40.8 Å². The number of hydrogen-bond acceptors (Lipinski definition) is 10. The van der Waals surface area contributed by atoms with Gasteiger partial charge in [-0.15, -0.1) is 0 Å². The van der Waals surface area contributed by atoms with Crippen LogP contribution in [0.1, 0.15) is 11.3 Å². The fourth-order valence-electron chi connectivity index (χ4n) is 3.98. The maximum absolute atomic E-state index is 12.9. The van der Waals surface area contributed by atoms with E-state index >= 15 is 0 Å². The van der Waals surface area contributed by atoms with Crippen LogP contribution in [0.15, 0.2) is 51.9 Å². The van der Waals surface area contributed by atoms with Gasteiger partial charge in [-0.25, -0.2) is 9.78 Å². The topological polar surface area (TPSA) is 122 Å². The van der Waals surface area contributed by atoms with Gasteiger partial charge in [-0.2, -0.15) is 0 Å². The highest BCUT2D eigenvalue weighted by atomic mass is 16.6. The van der Waals surface area contributed by atoms with Crippen LogP contribution in [0.25, 0.3) is 33.9 Å². The van der Waals surface area contributed by atoms with E-state index in [1.54, 1.807) is 36.4 Å². The van der Waals surface area contributed by atoms with Crippen molar-refractivity contribution in [3.05, 3.63) is 64.4 Å². The van der Waals surface area contributed by atoms with Crippen LogP contribution in [0.2, 0.25) is 0 Å². The fraction of sp³-hybridized carbons (Fsp3) is 0.192. The molecule has 0 radical (unpaired) electrons. The van der Waals surface area contributed by atoms with Crippen molar-refractivity contribution in [1.29, 1.82) is 0 Å². The Morgan fingerprint density at radius 1 is 0.861 bits per heavy atom. The second-order valence-corrected chi connectivity index (χ2v) is 7.79. The minimum absolute atomic E-state index is 0.176. The Morgan fingerprint density at radius 2 is 1.56 bits per heavy atom. The number of fused-ring (bicyclic) bond motifs is 2. The van der Waals surface area contributed by atoms with Crippen LogP contribution in [0.3, 0.4) is 0 Å². The van der Waals surface area contributed by atoms with E-state index in [0.29, 0.717) is 56.5 Å². The van der Waals surface area contributed by atoms with Gasteiger partial charge in [0, 0.05) is 29.8 Å². The zero-order chi connectivity index (χ0) is 25.4. The van der Waals surface area contributed by atoms with Gasteiger partial charge in [0.05, 0.1) is 68.7 Å². The van der Waals surface area contributed by atoms with Crippen molar-refractivity contribution < 1.29 is 33.2 Å². The molecule has 0 spiro atoms. The number of rotatable bonds is 6. The van der Waals surface area contributed by atoms with Gasteiger partial charge >= 0.3 is 5.63 Å². The van der Waals surface area contributed by atoms with E-state index in [1.807, 2.05) is 0 Å². The average Bonchev–Trinajstić information content (AvgIpc) is 2.90. The molecular formula is C26H22N2O8. The summed E-state index contributed by atoms with van der Waals surface area (Å²) in [5.74, 6) is 2.37.